The molecule has 0 aliphatic heterocycles. The van der Waals surface area contributed by atoms with Gasteiger partial charge in [0.2, 0.25) is 5.88 Å². The number of carbonyl (C=O) groups is 1. The van der Waals surface area contributed by atoms with Crippen molar-refractivity contribution in [3.8, 4) is 11.6 Å². The van der Waals surface area contributed by atoms with Gasteiger partial charge in [-0.2, -0.15) is 0 Å². The lowest BCUT2D eigenvalue weighted by Crippen LogP contribution is -2.04. The van der Waals surface area contributed by atoms with Crippen LogP contribution in [0.3, 0.4) is 0 Å². The van der Waals surface area contributed by atoms with E-state index in [1.807, 2.05) is 6.07 Å². The summed E-state index contributed by atoms with van der Waals surface area (Å²) in [7, 11) is 2.92. The third-order valence-corrected chi connectivity index (χ3v) is 4.38. The number of aromatic nitrogens is 1. The summed E-state index contributed by atoms with van der Waals surface area (Å²) >= 11 is 5.54. The molecule has 1 aromatic carbocycles. The van der Waals surface area contributed by atoms with Gasteiger partial charge in [-0.15, -0.1) is 0 Å². The van der Waals surface area contributed by atoms with Gasteiger partial charge in [0.25, 0.3) is 0 Å². The van der Waals surface area contributed by atoms with Gasteiger partial charge in [-0.1, -0.05) is 0 Å². The summed E-state index contributed by atoms with van der Waals surface area (Å²) < 4.78 is 17.2. The number of hydrogen-bond acceptors (Lipinski definition) is 5. The molecule has 0 atom stereocenters. The normalized spacial score (nSPS) is 10.2. The molecule has 116 valence electrons. The highest BCUT2D eigenvalue weighted by Gasteiger charge is 2.11. The first-order chi connectivity index (χ1) is 10.5. The van der Waals surface area contributed by atoms with Crippen LogP contribution in [0.2, 0.25) is 0 Å². The van der Waals surface area contributed by atoms with Crippen LogP contribution >= 0.6 is 38.5 Å². The molecule has 0 spiro atoms. The Morgan fingerprint density at radius 3 is 2.68 bits per heavy atom. The van der Waals surface area contributed by atoms with E-state index in [1.54, 1.807) is 31.4 Å². The molecule has 0 radical (unpaired) electrons. The van der Waals surface area contributed by atoms with Crippen molar-refractivity contribution in [1.82, 2.24) is 4.98 Å². The fourth-order valence-corrected chi connectivity index (χ4v) is 2.69. The Balaban J connectivity index is 2.13. The smallest absolute Gasteiger partial charge is 0.337 e. The van der Waals surface area contributed by atoms with E-state index in [1.165, 1.54) is 7.11 Å². The lowest BCUT2D eigenvalue weighted by atomic mass is 10.2. The minimum absolute atomic E-state index is 0.283. The molecule has 1 heterocycles. The molecular weight excluding hydrogens is 465 g/mol. The molecule has 0 aliphatic rings. The van der Waals surface area contributed by atoms with Crippen LogP contribution in [0.1, 0.15) is 16.1 Å². The number of nitrogens with zero attached hydrogens (tertiary/aromatic N) is 1. The van der Waals surface area contributed by atoms with Gasteiger partial charge in [0, 0.05) is 10.5 Å². The van der Waals surface area contributed by atoms with Crippen molar-refractivity contribution in [1.29, 1.82) is 0 Å². The monoisotopic (exact) mass is 477 g/mol. The average molecular weight is 478 g/mol. The van der Waals surface area contributed by atoms with Crippen LogP contribution in [-0.4, -0.2) is 25.2 Å². The summed E-state index contributed by atoms with van der Waals surface area (Å²) in [4.78, 5) is 15.8. The molecule has 0 unspecified atom stereocenters. The summed E-state index contributed by atoms with van der Waals surface area (Å²) in [6.45, 7) is 0.283. The van der Waals surface area contributed by atoms with Crippen molar-refractivity contribution < 1.29 is 19.0 Å². The number of ether oxygens (including phenoxy) is 3. The van der Waals surface area contributed by atoms with Gasteiger partial charge in [-0.05, 0) is 62.8 Å². The Hall–Kier alpha value is -1.35. The summed E-state index contributed by atoms with van der Waals surface area (Å²) in [6.07, 6.45) is 0. The summed E-state index contributed by atoms with van der Waals surface area (Å²) in [5.74, 6) is 0.823. The standard InChI is InChI=1S/C15H13BrINO4/c1-20-14-6-4-10(16)12(18-14)8-22-13-5-3-9(7-11(13)17)15(19)21-2/h3-7H,8H2,1-2H3. The van der Waals surface area contributed by atoms with Crippen molar-refractivity contribution >= 4 is 44.5 Å². The van der Waals surface area contributed by atoms with Crippen molar-refractivity contribution in [2.24, 2.45) is 0 Å². The fraction of sp³-hybridized carbons (Fsp3) is 0.200. The highest BCUT2D eigenvalue weighted by atomic mass is 127. The minimum atomic E-state index is -0.373. The zero-order valence-corrected chi connectivity index (χ0v) is 15.7. The molecule has 22 heavy (non-hydrogen) atoms. The number of benzene rings is 1. The fourth-order valence-electron chi connectivity index (χ4n) is 1.69. The Kier molecular flexibility index (Phi) is 6.01. The first-order valence-corrected chi connectivity index (χ1v) is 8.12. The first-order valence-electron chi connectivity index (χ1n) is 6.25. The maximum atomic E-state index is 11.5. The van der Waals surface area contributed by atoms with Crippen molar-refractivity contribution in [2.45, 2.75) is 6.61 Å². The predicted octanol–water partition coefficient (Wildman–Crippen LogP) is 3.82. The number of methoxy groups -OCH3 is 2. The number of halogens is 2. The number of esters is 1. The first kappa shape index (κ1) is 17.0. The lowest BCUT2D eigenvalue weighted by molar-refractivity contribution is 0.0600. The second-order valence-corrected chi connectivity index (χ2v) is 6.22. The van der Waals surface area contributed by atoms with E-state index in [4.69, 9.17) is 9.47 Å². The number of hydrogen-bond donors (Lipinski definition) is 0. The van der Waals surface area contributed by atoms with E-state index in [0.29, 0.717) is 17.2 Å². The van der Waals surface area contributed by atoms with Gasteiger partial charge in [0.05, 0.1) is 29.0 Å². The predicted molar refractivity (Wildman–Crippen MR) is 93.3 cm³/mol. The Bertz CT molecular complexity index is 693. The maximum absolute atomic E-state index is 11.5. The molecule has 5 nitrogen and oxygen atoms in total. The quantitative estimate of drug-likeness (QED) is 0.484. The second kappa shape index (κ2) is 7.77. The Labute approximate surface area is 150 Å². The second-order valence-electron chi connectivity index (χ2n) is 4.21. The highest BCUT2D eigenvalue weighted by molar-refractivity contribution is 14.1. The van der Waals surface area contributed by atoms with E-state index in [9.17, 15) is 4.79 Å². The number of carbonyl (C=O) groups excluding carboxylic acids is 1. The van der Waals surface area contributed by atoms with Gasteiger partial charge in [0.1, 0.15) is 12.4 Å². The molecule has 7 heteroatoms. The van der Waals surface area contributed by atoms with Crippen molar-refractivity contribution in [3.05, 3.63) is 49.6 Å². The molecule has 2 rings (SSSR count). The van der Waals surface area contributed by atoms with Crippen molar-refractivity contribution in [3.63, 3.8) is 0 Å². The van der Waals surface area contributed by atoms with Gasteiger partial charge in [0.15, 0.2) is 0 Å². The van der Waals surface area contributed by atoms with E-state index in [2.05, 4.69) is 48.2 Å². The molecule has 1 aromatic heterocycles. The molecule has 2 aromatic rings. The van der Waals surface area contributed by atoms with E-state index >= 15 is 0 Å². The van der Waals surface area contributed by atoms with E-state index < -0.39 is 0 Å². The van der Waals surface area contributed by atoms with Crippen LogP contribution in [0.25, 0.3) is 0 Å². The molecule has 0 amide bonds. The molecule has 0 aliphatic carbocycles. The molecule has 0 fully saturated rings. The van der Waals surface area contributed by atoms with Gasteiger partial charge >= 0.3 is 5.97 Å². The van der Waals surface area contributed by atoms with Crippen molar-refractivity contribution in [2.75, 3.05) is 14.2 Å². The number of rotatable bonds is 5. The highest BCUT2D eigenvalue weighted by Crippen LogP contribution is 2.25. The van der Waals surface area contributed by atoms with Crippen LogP contribution < -0.4 is 9.47 Å². The maximum Gasteiger partial charge on any atom is 0.337 e. The number of pyridine rings is 1. The van der Waals surface area contributed by atoms with Crippen LogP contribution in [0.4, 0.5) is 0 Å². The molecule has 0 saturated carbocycles. The van der Waals surface area contributed by atoms with Crippen LogP contribution in [-0.2, 0) is 11.3 Å². The summed E-state index contributed by atoms with van der Waals surface area (Å²) in [5.41, 5.74) is 1.21. The van der Waals surface area contributed by atoms with Gasteiger partial charge < -0.3 is 14.2 Å². The van der Waals surface area contributed by atoms with Crippen LogP contribution in [0.15, 0.2) is 34.8 Å². The summed E-state index contributed by atoms with van der Waals surface area (Å²) in [5, 5.41) is 0. The zero-order valence-electron chi connectivity index (χ0n) is 11.9. The molecular formula is C15H13BrINO4. The third-order valence-electron chi connectivity index (χ3n) is 2.82. The van der Waals surface area contributed by atoms with Gasteiger partial charge in [-0.3, -0.25) is 0 Å². The van der Waals surface area contributed by atoms with E-state index in [-0.39, 0.29) is 12.6 Å². The third kappa shape index (κ3) is 4.10. The Morgan fingerprint density at radius 1 is 1.27 bits per heavy atom. The molecule has 0 saturated heterocycles. The molecule has 0 bridgehead atoms. The largest absolute Gasteiger partial charge is 0.486 e. The lowest BCUT2D eigenvalue weighted by Gasteiger charge is -2.10. The van der Waals surface area contributed by atoms with Gasteiger partial charge in [-0.25, -0.2) is 9.78 Å². The SMILES string of the molecule is COC(=O)c1ccc(OCc2nc(OC)ccc2Br)c(I)c1. The van der Waals surface area contributed by atoms with E-state index in [0.717, 1.165) is 13.7 Å². The molecule has 0 N–H and O–H groups in total. The zero-order chi connectivity index (χ0) is 16.1. The summed E-state index contributed by atoms with van der Waals surface area (Å²) in [6, 6.07) is 8.74. The topological polar surface area (TPSA) is 57.7 Å². The van der Waals surface area contributed by atoms with Crippen LogP contribution in [0, 0.1) is 3.57 Å². The van der Waals surface area contributed by atoms with Crippen LogP contribution in [0.5, 0.6) is 11.6 Å². The Morgan fingerprint density at radius 2 is 2.05 bits per heavy atom. The minimum Gasteiger partial charge on any atom is -0.486 e. The average Bonchev–Trinajstić information content (AvgIpc) is 2.54.